The molecule has 4 N–H and O–H groups in total. The molecule has 4 rings (SSSR count). The summed E-state index contributed by atoms with van der Waals surface area (Å²) in [6.07, 6.45) is 2.48. The average molecular weight is 629 g/mol. The molecule has 0 aromatic heterocycles. The van der Waals surface area contributed by atoms with E-state index in [1.807, 2.05) is 0 Å². The van der Waals surface area contributed by atoms with Gasteiger partial charge in [-0.3, -0.25) is 9.11 Å². The normalized spacial score (nSPS) is 12.0. The van der Waals surface area contributed by atoms with Crippen LogP contribution in [0.5, 0.6) is 11.5 Å². The molecule has 12 nitrogen and oxygen atoms in total. The predicted molar refractivity (Wildman–Crippen MR) is 148 cm³/mol. The van der Waals surface area contributed by atoms with Crippen LogP contribution in [-0.2, 0) is 20.2 Å². The predicted octanol–water partition coefficient (Wildman–Crippen LogP) is 0.825. The Kier molecular flexibility index (Phi) is 12.7. The van der Waals surface area contributed by atoms with Crippen LogP contribution in [0.1, 0.15) is 14.0 Å². The van der Waals surface area contributed by atoms with Crippen LogP contribution in [-0.4, -0.2) is 36.2 Å². The number of benzene rings is 4. The van der Waals surface area contributed by atoms with Gasteiger partial charge in [0.2, 0.25) is 0 Å². The molecule has 4 aromatic rings. The molecule has 0 fully saturated rings. The Bertz CT molecular complexity index is 1740. The SMILES string of the molecule is O=S(=O)(O)c1cc(N=Nc2ccc(O)cc2)ccc1/C=C/c1ccc(N=Nc2ccc(O)cc2)cc1S(=O)(=O)O.[H-].[H-].[Na+].[Na+]. The van der Waals surface area contributed by atoms with Crippen molar-refractivity contribution in [2.24, 2.45) is 20.5 Å². The summed E-state index contributed by atoms with van der Waals surface area (Å²) in [6, 6.07) is 19.2. The molecule has 16 heteroatoms. The van der Waals surface area contributed by atoms with E-state index in [0.29, 0.717) is 11.4 Å². The Hall–Kier alpha value is -2.76. The number of phenolic OH excluding ortho intramolecular Hbond substituents is 2. The van der Waals surface area contributed by atoms with Crippen LogP contribution in [0.3, 0.4) is 0 Å². The van der Waals surface area contributed by atoms with Crippen molar-refractivity contribution in [2.75, 3.05) is 0 Å². The van der Waals surface area contributed by atoms with Gasteiger partial charge in [0.05, 0.1) is 22.7 Å². The van der Waals surface area contributed by atoms with Crippen molar-refractivity contribution < 1.29 is 98.1 Å². The first-order valence-electron chi connectivity index (χ1n) is 11.2. The van der Waals surface area contributed by atoms with Gasteiger partial charge in [-0.25, -0.2) is 0 Å². The van der Waals surface area contributed by atoms with Crippen molar-refractivity contribution in [1.29, 1.82) is 0 Å². The van der Waals surface area contributed by atoms with Crippen LogP contribution in [0.2, 0.25) is 0 Å². The standard InChI is InChI=1S/C26H20N4O8S2.2Na.2H/c31-23-11-7-19(8-12-23)27-29-21-5-3-17(25(15-21)39(33,34)35)1-2-18-4-6-22(16-26(18)40(36,37)38)30-28-20-9-13-24(32)14-10-20;;;;/h1-16,31-32H,(H,33,34,35)(H,36,37,38);;;;/q;2*+1;2*-1/b2-1+,29-27?,30-28?;;;;. The molecule has 42 heavy (non-hydrogen) atoms. The monoisotopic (exact) mass is 628 g/mol. The molecule has 0 aliphatic heterocycles. The minimum Gasteiger partial charge on any atom is -1.00 e. The zero-order chi connectivity index (χ0) is 28.9. The van der Waals surface area contributed by atoms with E-state index in [9.17, 15) is 36.2 Å². The smallest absolute Gasteiger partial charge is 1.00 e. The van der Waals surface area contributed by atoms with Gasteiger partial charge in [0.15, 0.2) is 0 Å². The van der Waals surface area contributed by atoms with E-state index in [1.165, 1.54) is 84.9 Å². The fourth-order valence-corrected chi connectivity index (χ4v) is 4.75. The topological polar surface area (TPSA) is 199 Å². The van der Waals surface area contributed by atoms with Gasteiger partial charge in [-0.2, -0.15) is 37.3 Å². The largest absolute Gasteiger partial charge is 1.00 e. The van der Waals surface area contributed by atoms with E-state index < -0.39 is 30.0 Å². The van der Waals surface area contributed by atoms with Gasteiger partial charge >= 0.3 is 59.1 Å². The molecule has 0 spiro atoms. The summed E-state index contributed by atoms with van der Waals surface area (Å²) in [7, 11) is -9.45. The van der Waals surface area contributed by atoms with Gasteiger partial charge in [-0.05, 0) is 83.9 Å². The van der Waals surface area contributed by atoms with Crippen LogP contribution in [0.15, 0.2) is 115 Å². The van der Waals surface area contributed by atoms with Gasteiger partial charge < -0.3 is 13.1 Å². The average Bonchev–Trinajstić information content (AvgIpc) is 2.90. The molecule has 0 saturated carbocycles. The molecule has 4 aromatic carbocycles. The molecule has 0 heterocycles. The maximum absolute atomic E-state index is 12.1. The molecule has 0 unspecified atom stereocenters. The van der Waals surface area contributed by atoms with E-state index >= 15 is 0 Å². The van der Waals surface area contributed by atoms with Gasteiger partial charge in [-0.1, -0.05) is 24.3 Å². The molecule has 0 aliphatic carbocycles. The summed E-state index contributed by atoms with van der Waals surface area (Å²) < 4.78 is 67.7. The molecule has 0 amide bonds. The molecule has 208 valence electrons. The quantitative estimate of drug-likeness (QED) is 0.0952. The van der Waals surface area contributed by atoms with Crippen LogP contribution in [0.4, 0.5) is 22.7 Å². The van der Waals surface area contributed by atoms with Crippen molar-refractivity contribution in [2.45, 2.75) is 9.79 Å². The second-order valence-electron chi connectivity index (χ2n) is 8.16. The Labute approximate surface area is 288 Å². The Morgan fingerprint density at radius 1 is 0.500 bits per heavy atom. The van der Waals surface area contributed by atoms with Crippen molar-refractivity contribution in [3.63, 3.8) is 0 Å². The maximum Gasteiger partial charge on any atom is 1.00 e. The third-order valence-corrected chi connectivity index (χ3v) is 7.07. The Morgan fingerprint density at radius 2 is 0.786 bits per heavy atom. The number of hydrogen-bond acceptors (Lipinski definition) is 10. The summed E-state index contributed by atoms with van der Waals surface area (Å²) in [5.41, 5.74) is 0.976. The molecule has 0 atom stereocenters. The maximum atomic E-state index is 12.1. The van der Waals surface area contributed by atoms with Crippen molar-refractivity contribution >= 4 is 55.1 Å². The Balaban J connectivity index is 0.00000462. The molecular formula is C26H22N4Na2O8S2. The Morgan fingerprint density at radius 3 is 1.10 bits per heavy atom. The molecular weight excluding hydrogens is 606 g/mol. The van der Waals surface area contributed by atoms with Crippen LogP contribution in [0.25, 0.3) is 12.2 Å². The van der Waals surface area contributed by atoms with Crippen LogP contribution >= 0.6 is 0 Å². The molecule has 0 radical (unpaired) electrons. The van der Waals surface area contributed by atoms with E-state index in [2.05, 4.69) is 20.5 Å². The summed E-state index contributed by atoms with van der Waals surface area (Å²) >= 11 is 0. The van der Waals surface area contributed by atoms with Crippen LogP contribution in [0, 0.1) is 0 Å². The van der Waals surface area contributed by atoms with Crippen molar-refractivity contribution in [1.82, 2.24) is 0 Å². The fraction of sp³-hybridized carbons (Fsp3) is 0. The number of rotatable bonds is 8. The first kappa shape index (κ1) is 35.4. The third-order valence-electron chi connectivity index (χ3n) is 5.25. The van der Waals surface area contributed by atoms with E-state index in [-0.39, 0.29) is 96.0 Å². The molecule has 0 saturated heterocycles. The van der Waals surface area contributed by atoms with Crippen LogP contribution < -0.4 is 59.1 Å². The summed E-state index contributed by atoms with van der Waals surface area (Å²) in [5.74, 6) is 0.0723. The summed E-state index contributed by atoms with van der Waals surface area (Å²) in [5, 5.41) is 34.5. The summed E-state index contributed by atoms with van der Waals surface area (Å²) in [6.45, 7) is 0. The number of nitrogens with zero attached hydrogens (tertiary/aromatic N) is 4. The van der Waals surface area contributed by atoms with Gasteiger partial charge in [0.1, 0.15) is 21.3 Å². The summed E-state index contributed by atoms with van der Waals surface area (Å²) in [4.78, 5) is -1.03. The second-order valence-corrected chi connectivity index (χ2v) is 10.9. The first-order chi connectivity index (χ1) is 18.9. The molecule has 0 bridgehead atoms. The van der Waals surface area contributed by atoms with Crippen molar-refractivity contribution in [3.05, 3.63) is 96.1 Å². The molecule has 0 aliphatic rings. The van der Waals surface area contributed by atoms with Gasteiger partial charge in [0, 0.05) is 0 Å². The van der Waals surface area contributed by atoms with E-state index in [4.69, 9.17) is 0 Å². The van der Waals surface area contributed by atoms with E-state index in [0.717, 1.165) is 12.1 Å². The minimum atomic E-state index is -4.73. The third kappa shape index (κ3) is 9.91. The minimum absolute atomic E-state index is 0. The van der Waals surface area contributed by atoms with E-state index in [1.54, 1.807) is 0 Å². The number of phenols is 2. The van der Waals surface area contributed by atoms with Crippen molar-refractivity contribution in [3.8, 4) is 11.5 Å². The number of hydrogen-bond donors (Lipinski definition) is 4. The zero-order valence-corrected chi connectivity index (χ0v) is 27.9. The zero-order valence-electron chi connectivity index (χ0n) is 24.3. The van der Waals surface area contributed by atoms with Gasteiger partial charge in [0.25, 0.3) is 20.2 Å². The second kappa shape index (κ2) is 15.1. The fourth-order valence-electron chi connectivity index (χ4n) is 3.34. The number of aromatic hydroxyl groups is 2. The van der Waals surface area contributed by atoms with Gasteiger partial charge in [-0.15, -0.1) is 0 Å². The first-order valence-corrected chi connectivity index (χ1v) is 14.1. The number of azo groups is 2.